The van der Waals surface area contributed by atoms with Crippen LogP contribution in [-0.2, 0) is 19.5 Å². The third-order valence-electron chi connectivity index (χ3n) is 4.36. The van der Waals surface area contributed by atoms with Gasteiger partial charge < -0.3 is 15.2 Å². The number of nitrogens with zero attached hydrogens (tertiary/aromatic N) is 3. The maximum atomic E-state index is 4.72. The molecule has 0 spiro atoms. The van der Waals surface area contributed by atoms with E-state index in [9.17, 15) is 0 Å². The summed E-state index contributed by atoms with van der Waals surface area (Å²) in [6.45, 7) is 4.45. The van der Waals surface area contributed by atoms with Crippen LogP contribution in [0.1, 0.15) is 31.2 Å². The van der Waals surface area contributed by atoms with Crippen molar-refractivity contribution in [1.29, 1.82) is 0 Å². The number of nitrogens with one attached hydrogen (secondary N) is 2. The van der Waals surface area contributed by atoms with E-state index < -0.39 is 0 Å². The van der Waals surface area contributed by atoms with Gasteiger partial charge in [0.1, 0.15) is 12.4 Å². The number of hydrogen-bond acceptors (Lipinski definition) is 2. The van der Waals surface area contributed by atoms with Crippen molar-refractivity contribution >= 4 is 29.9 Å². The average molecular weight is 465 g/mol. The van der Waals surface area contributed by atoms with E-state index in [4.69, 9.17) is 4.99 Å². The molecule has 5 nitrogen and oxygen atoms in total. The maximum absolute atomic E-state index is 4.72. The monoisotopic (exact) mass is 465 g/mol. The third-order valence-corrected chi connectivity index (χ3v) is 4.36. The Kier molecular flexibility index (Phi) is 8.67. The quantitative estimate of drug-likeness (QED) is 0.285. The van der Waals surface area contributed by atoms with Gasteiger partial charge in [0.05, 0.1) is 0 Å². The van der Waals surface area contributed by atoms with E-state index >= 15 is 0 Å². The Morgan fingerprint density at radius 3 is 2.73 bits per heavy atom. The van der Waals surface area contributed by atoms with E-state index in [-0.39, 0.29) is 24.0 Å². The molecule has 0 saturated carbocycles. The fourth-order valence-electron chi connectivity index (χ4n) is 2.99. The molecule has 6 heteroatoms. The molecule has 26 heavy (non-hydrogen) atoms. The van der Waals surface area contributed by atoms with Crippen molar-refractivity contribution in [1.82, 2.24) is 20.2 Å². The number of halogens is 1. The second-order valence-corrected chi connectivity index (χ2v) is 6.25. The lowest BCUT2D eigenvalue weighted by Crippen LogP contribution is -2.42. The summed E-state index contributed by atoms with van der Waals surface area (Å²) in [5.74, 6) is 1.87. The smallest absolute Gasteiger partial charge is 0.191 e. The molecule has 0 bridgehead atoms. The zero-order valence-corrected chi connectivity index (χ0v) is 17.6. The zero-order valence-electron chi connectivity index (χ0n) is 15.3. The number of rotatable bonds is 7. The van der Waals surface area contributed by atoms with Crippen LogP contribution in [0.2, 0.25) is 0 Å². The van der Waals surface area contributed by atoms with Gasteiger partial charge in [0, 0.05) is 31.5 Å². The van der Waals surface area contributed by atoms with Crippen molar-refractivity contribution < 1.29 is 0 Å². The molecule has 0 saturated heterocycles. The van der Waals surface area contributed by atoms with Crippen LogP contribution in [0.4, 0.5) is 0 Å². The van der Waals surface area contributed by atoms with Gasteiger partial charge in [-0.3, -0.25) is 0 Å². The maximum Gasteiger partial charge on any atom is 0.191 e. The first-order valence-corrected chi connectivity index (χ1v) is 9.09. The molecule has 1 aromatic carbocycles. The highest BCUT2D eigenvalue weighted by molar-refractivity contribution is 14.0. The van der Waals surface area contributed by atoms with E-state index in [0.717, 1.165) is 44.1 Å². The van der Waals surface area contributed by atoms with E-state index in [0.29, 0.717) is 12.6 Å². The van der Waals surface area contributed by atoms with Crippen LogP contribution >= 0.6 is 24.0 Å². The van der Waals surface area contributed by atoms with Crippen LogP contribution in [0.3, 0.4) is 0 Å². The van der Waals surface area contributed by atoms with Crippen molar-refractivity contribution in [2.24, 2.45) is 4.99 Å². The minimum Gasteiger partial charge on any atom is -0.357 e. The molecule has 1 aromatic heterocycles. The lowest BCUT2D eigenvalue weighted by atomic mass is 10.1. The van der Waals surface area contributed by atoms with Gasteiger partial charge in [-0.2, -0.15) is 0 Å². The predicted molar refractivity (Wildman–Crippen MR) is 118 cm³/mol. The van der Waals surface area contributed by atoms with Gasteiger partial charge in [-0.1, -0.05) is 42.5 Å². The minimum atomic E-state index is 0. The van der Waals surface area contributed by atoms with Crippen molar-refractivity contribution in [3.63, 3.8) is 0 Å². The molecule has 0 aliphatic heterocycles. The molecule has 1 aliphatic rings. The Morgan fingerprint density at radius 2 is 2.00 bits per heavy atom. The number of aliphatic imine (C=N–C) groups is 1. The van der Waals surface area contributed by atoms with Crippen molar-refractivity contribution in [3.05, 3.63) is 66.3 Å². The van der Waals surface area contributed by atoms with Gasteiger partial charge in [0.25, 0.3) is 0 Å². The summed E-state index contributed by atoms with van der Waals surface area (Å²) < 4.78 is 2.19. The van der Waals surface area contributed by atoms with Crippen LogP contribution in [-0.4, -0.2) is 28.1 Å². The molecule has 2 aromatic rings. The lowest BCUT2D eigenvalue weighted by Gasteiger charge is -2.16. The summed E-state index contributed by atoms with van der Waals surface area (Å²) in [6, 6.07) is 11.0. The Morgan fingerprint density at radius 1 is 1.23 bits per heavy atom. The van der Waals surface area contributed by atoms with Crippen molar-refractivity contribution in [3.8, 4) is 0 Å². The Labute approximate surface area is 173 Å². The highest BCUT2D eigenvalue weighted by atomic mass is 127. The number of hydrogen-bond donors (Lipinski definition) is 2. The van der Waals surface area contributed by atoms with Crippen LogP contribution in [0.25, 0.3) is 0 Å². The molecule has 0 radical (unpaired) electrons. The molecule has 0 amide bonds. The summed E-state index contributed by atoms with van der Waals surface area (Å²) in [4.78, 5) is 9.20. The summed E-state index contributed by atoms with van der Waals surface area (Å²) in [5.41, 5.74) is 1.34. The first-order valence-electron chi connectivity index (χ1n) is 9.09. The minimum absolute atomic E-state index is 0. The molecule has 1 heterocycles. The Bertz CT molecular complexity index is 700. The molecule has 0 unspecified atom stereocenters. The van der Waals surface area contributed by atoms with E-state index in [2.05, 4.69) is 69.6 Å². The van der Waals surface area contributed by atoms with Crippen LogP contribution in [0, 0.1) is 0 Å². The van der Waals surface area contributed by atoms with E-state index in [1.807, 2.05) is 12.4 Å². The summed E-state index contributed by atoms with van der Waals surface area (Å²) in [7, 11) is 0. The van der Waals surface area contributed by atoms with E-state index in [1.54, 1.807) is 0 Å². The zero-order chi connectivity index (χ0) is 17.3. The van der Waals surface area contributed by atoms with Gasteiger partial charge in [0.15, 0.2) is 5.96 Å². The molecule has 0 fully saturated rings. The van der Waals surface area contributed by atoms with Crippen molar-refractivity contribution in [2.75, 3.05) is 6.54 Å². The highest BCUT2D eigenvalue weighted by Gasteiger charge is 2.11. The molecule has 3 rings (SSSR count). The van der Waals surface area contributed by atoms with Crippen molar-refractivity contribution in [2.45, 2.75) is 45.3 Å². The second kappa shape index (κ2) is 11.0. The van der Waals surface area contributed by atoms with Gasteiger partial charge >= 0.3 is 0 Å². The third kappa shape index (κ3) is 6.16. The second-order valence-electron chi connectivity index (χ2n) is 6.25. The fraction of sp³-hybridized carbons (Fsp3) is 0.400. The first-order chi connectivity index (χ1) is 12.3. The summed E-state index contributed by atoms with van der Waals surface area (Å²) in [5, 5.41) is 6.82. The average Bonchev–Trinajstić information content (AvgIpc) is 3.30. The van der Waals surface area contributed by atoms with E-state index in [1.165, 1.54) is 5.56 Å². The van der Waals surface area contributed by atoms with Crippen LogP contribution < -0.4 is 10.6 Å². The Balaban J connectivity index is 0.00000243. The fourth-order valence-corrected chi connectivity index (χ4v) is 2.99. The number of aryl methyl sites for hydroxylation is 2. The van der Waals surface area contributed by atoms with Gasteiger partial charge in [-0.25, -0.2) is 9.98 Å². The normalized spacial score (nSPS) is 14.3. The summed E-state index contributed by atoms with van der Waals surface area (Å²) >= 11 is 0. The first kappa shape index (κ1) is 20.5. The molecular weight excluding hydrogens is 437 g/mol. The number of aromatic nitrogens is 2. The number of imidazole rings is 1. The standard InChI is InChI=1S/C20H27N5.HI/c1-2-21-20(24-18-10-6-7-11-18)23-16-19-22-13-15-25(19)14-12-17-8-4-3-5-9-17;/h3-9,13,15,18H,2,10-12,14,16H2,1H3,(H2,21,23,24);1H. The SMILES string of the molecule is CCNC(=NCc1nccn1CCc1ccccc1)NC1CC=CC1.I. The molecular formula is C20H28IN5. The van der Waals surface area contributed by atoms with Gasteiger partial charge in [0.2, 0.25) is 0 Å². The number of guanidine groups is 1. The molecule has 140 valence electrons. The molecule has 1 aliphatic carbocycles. The largest absolute Gasteiger partial charge is 0.357 e. The van der Waals surface area contributed by atoms with Crippen LogP contribution in [0.15, 0.2) is 59.9 Å². The van der Waals surface area contributed by atoms with Crippen LogP contribution in [0.5, 0.6) is 0 Å². The number of benzene rings is 1. The predicted octanol–water partition coefficient (Wildman–Crippen LogP) is 3.52. The Hall–Kier alpha value is -1.83. The highest BCUT2D eigenvalue weighted by Crippen LogP contribution is 2.09. The summed E-state index contributed by atoms with van der Waals surface area (Å²) in [6.07, 6.45) is 11.5. The van der Waals surface area contributed by atoms with Gasteiger partial charge in [-0.15, -0.1) is 24.0 Å². The topological polar surface area (TPSA) is 54.2 Å². The lowest BCUT2D eigenvalue weighted by molar-refractivity contribution is 0.625. The van der Waals surface area contributed by atoms with Gasteiger partial charge in [-0.05, 0) is 31.7 Å². The molecule has 2 N–H and O–H groups in total. The molecule has 0 atom stereocenters.